The van der Waals surface area contributed by atoms with Crippen LogP contribution in [0.3, 0.4) is 0 Å². The first kappa shape index (κ1) is 17.5. The number of aromatic nitrogens is 1. The number of aliphatic carboxylic acids is 1. The fourth-order valence-electron chi connectivity index (χ4n) is 1.41. The molecule has 118 valence electrons. The molecular weight excluding hydrogens is 376 g/mol. The highest BCUT2D eigenvalue weighted by atomic mass is 79.9. The first-order valence-corrected chi connectivity index (χ1v) is 6.19. The third-order valence-corrected chi connectivity index (χ3v) is 2.66. The number of nitrogens with zero attached hydrogens (tertiary/aromatic N) is 1. The number of halogens is 7. The first-order valence-electron chi connectivity index (χ1n) is 5.07. The van der Waals surface area contributed by atoms with Gasteiger partial charge in [0.25, 0.3) is 0 Å². The number of hydrogen-bond acceptors (Lipinski definition) is 3. The predicted molar refractivity (Wildman–Crippen MR) is 59.9 cm³/mol. The molecule has 0 aliphatic carbocycles. The summed E-state index contributed by atoms with van der Waals surface area (Å²) in [6.45, 7) is 0. The molecule has 0 bridgehead atoms. The largest absolute Gasteiger partial charge is 0.574 e. The van der Waals surface area contributed by atoms with Crippen molar-refractivity contribution in [3.63, 3.8) is 0 Å². The smallest absolute Gasteiger partial charge is 0.481 e. The summed E-state index contributed by atoms with van der Waals surface area (Å²) in [7, 11) is 0. The first-order chi connectivity index (χ1) is 9.44. The summed E-state index contributed by atoms with van der Waals surface area (Å²) in [5.41, 5.74) is -2.89. The van der Waals surface area contributed by atoms with Crippen LogP contribution in [-0.2, 0) is 22.7 Å². The van der Waals surface area contributed by atoms with Crippen molar-refractivity contribution in [2.45, 2.75) is 24.3 Å². The molecule has 1 heterocycles. The molecule has 0 aromatic carbocycles. The molecule has 0 spiro atoms. The molecule has 1 aromatic rings. The van der Waals surface area contributed by atoms with Crippen LogP contribution in [0.4, 0.5) is 26.3 Å². The lowest BCUT2D eigenvalue weighted by Gasteiger charge is -2.16. The number of carboxylic acid groups (broad SMARTS) is 1. The summed E-state index contributed by atoms with van der Waals surface area (Å²) in [4.78, 5) is 13.7. The molecule has 0 saturated heterocycles. The molecule has 4 nitrogen and oxygen atoms in total. The number of carbonyl (C=O) groups is 1. The second-order valence-corrected chi connectivity index (χ2v) is 4.26. The number of ether oxygens (including phenoxy) is 1. The van der Waals surface area contributed by atoms with E-state index in [9.17, 15) is 31.1 Å². The quantitative estimate of drug-likeness (QED) is 0.640. The van der Waals surface area contributed by atoms with E-state index in [2.05, 4.69) is 25.7 Å². The maximum Gasteiger partial charge on any atom is 0.574 e. The summed E-state index contributed by atoms with van der Waals surface area (Å²) in [5, 5.41) is 8.07. The third kappa shape index (κ3) is 5.06. The zero-order chi connectivity index (χ0) is 16.4. The molecule has 1 N–H and O–H groups in total. The van der Waals surface area contributed by atoms with E-state index in [-0.39, 0.29) is 0 Å². The molecule has 0 fully saturated rings. The molecule has 0 saturated carbocycles. The van der Waals surface area contributed by atoms with Gasteiger partial charge in [0.15, 0.2) is 0 Å². The van der Waals surface area contributed by atoms with Crippen LogP contribution < -0.4 is 4.74 Å². The topological polar surface area (TPSA) is 59.4 Å². The minimum atomic E-state index is -5.20. The number of hydrogen-bond donors (Lipinski definition) is 1. The monoisotopic (exact) mass is 381 g/mol. The normalized spacial score (nSPS) is 12.3. The number of carboxylic acids is 1. The van der Waals surface area contributed by atoms with Gasteiger partial charge in [-0.15, -0.1) is 13.2 Å². The highest BCUT2D eigenvalue weighted by molar-refractivity contribution is 9.08. The van der Waals surface area contributed by atoms with Crippen molar-refractivity contribution in [1.29, 1.82) is 0 Å². The lowest BCUT2D eigenvalue weighted by molar-refractivity contribution is -0.276. The zero-order valence-electron chi connectivity index (χ0n) is 9.85. The van der Waals surface area contributed by atoms with Crippen molar-refractivity contribution < 1.29 is 41.0 Å². The highest BCUT2D eigenvalue weighted by Gasteiger charge is 2.38. The van der Waals surface area contributed by atoms with E-state index >= 15 is 0 Å². The predicted octanol–water partition coefficient (Wildman–Crippen LogP) is 3.52. The zero-order valence-corrected chi connectivity index (χ0v) is 11.4. The second-order valence-electron chi connectivity index (χ2n) is 3.70. The summed E-state index contributed by atoms with van der Waals surface area (Å²) in [5.74, 6) is -2.84. The van der Waals surface area contributed by atoms with Gasteiger partial charge >= 0.3 is 18.5 Å². The molecule has 0 amide bonds. The lowest BCUT2D eigenvalue weighted by Crippen LogP contribution is -2.21. The van der Waals surface area contributed by atoms with E-state index < -0.39 is 53.0 Å². The average molecular weight is 382 g/mol. The minimum absolute atomic E-state index is 0.290. The van der Waals surface area contributed by atoms with E-state index in [0.717, 1.165) is 0 Å². The SMILES string of the molecule is O=C(O)Cc1cc(C(F)(F)F)c(CBr)nc1OC(F)(F)F. The van der Waals surface area contributed by atoms with Gasteiger partial charge in [-0.1, -0.05) is 15.9 Å². The van der Waals surface area contributed by atoms with Crippen molar-refractivity contribution in [3.8, 4) is 5.88 Å². The van der Waals surface area contributed by atoms with Gasteiger partial charge in [0, 0.05) is 10.9 Å². The minimum Gasteiger partial charge on any atom is -0.481 e. The van der Waals surface area contributed by atoms with Gasteiger partial charge < -0.3 is 9.84 Å². The van der Waals surface area contributed by atoms with Gasteiger partial charge in [-0.05, 0) is 6.07 Å². The molecule has 0 aliphatic rings. The van der Waals surface area contributed by atoms with E-state index in [1.165, 1.54) is 0 Å². The van der Waals surface area contributed by atoms with Crippen LogP contribution in [0.1, 0.15) is 16.8 Å². The van der Waals surface area contributed by atoms with Crippen LogP contribution in [0.25, 0.3) is 0 Å². The van der Waals surface area contributed by atoms with Crippen molar-refractivity contribution in [2.75, 3.05) is 0 Å². The van der Waals surface area contributed by atoms with E-state index in [0.29, 0.717) is 6.07 Å². The van der Waals surface area contributed by atoms with Gasteiger partial charge in [0.2, 0.25) is 5.88 Å². The van der Waals surface area contributed by atoms with Gasteiger partial charge in [-0.2, -0.15) is 13.2 Å². The molecule has 0 radical (unpaired) electrons. The Labute approximate surface area is 121 Å². The van der Waals surface area contributed by atoms with Gasteiger partial charge in [-0.25, -0.2) is 4.98 Å². The summed E-state index contributed by atoms with van der Waals surface area (Å²) in [6.07, 6.45) is -11.2. The van der Waals surface area contributed by atoms with Gasteiger partial charge in [-0.3, -0.25) is 4.79 Å². The fourth-order valence-corrected chi connectivity index (χ4v) is 1.84. The Bertz CT molecular complexity index is 543. The Kier molecular flexibility index (Phi) is 5.07. The average Bonchev–Trinajstić information content (AvgIpc) is 2.26. The van der Waals surface area contributed by atoms with Crippen LogP contribution in [0.15, 0.2) is 6.07 Å². The van der Waals surface area contributed by atoms with Crippen molar-refractivity contribution >= 4 is 21.9 Å². The second kappa shape index (κ2) is 6.08. The molecule has 0 aliphatic heterocycles. The Morgan fingerprint density at radius 2 is 1.86 bits per heavy atom. The van der Waals surface area contributed by atoms with Crippen molar-refractivity contribution in [2.24, 2.45) is 0 Å². The molecule has 1 aromatic heterocycles. The van der Waals surface area contributed by atoms with Crippen LogP contribution in [0.5, 0.6) is 5.88 Å². The molecule has 21 heavy (non-hydrogen) atoms. The summed E-state index contributed by atoms with van der Waals surface area (Å²) in [6, 6.07) is 0.290. The van der Waals surface area contributed by atoms with E-state index in [1.807, 2.05) is 0 Å². The highest BCUT2D eigenvalue weighted by Crippen LogP contribution is 2.36. The van der Waals surface area contributed by atoms with Crippen LogP contribution in [0.2, 0.25) is 0 Å². The van der Waals surface area contributed by atoms with Crippen LogP contribution in [-0.4, -0.2) is 22.4 Å². The van der Waals surface area contributed by atoms with E-state index in [4.69, 9.17) is 5.11 Å². The number of rotatable bonds is 4. The lowest BCUT2D eigenvalue weighted by atomic mass is 10.1. The summed E-state index contributed by atoms with van der Waals surface area (Å²) >= 11 is 2.67. The van der Waals surface area contributed by atoms with Crippen LogP contribution >= 0.6 is 15.9 Å². The van der Waals surface area contributed by atoms with Gasteiger partial charge in [0.05, 0.1) is 17.7 Å². The molecule has 11 heteroatoms. The van der Waals surface area contributed by atoms with Crippen LogP contribution in [0, 0.1) is 0 Å². The van der Waals surface area contributed by atoms with Crippen molar-refractivity contribution in [3.05, 3.63) is 22.9 Å². The number of alkyl halides is 7. The summed E-state index contributed by atoms with van der Waals surface area (Å²) < 4.78 is 78.3. The Hall–Kier alpha value is -1.52. The fraction of sp³-hybridized carbons (Fsp3) is 0.400. The molecular formula is C10H6BrF6NO3. The van der Waals surface area contributed by atoms with E-state index in [1.54, 1.807) is 0 Å². The standard InChI is InChI=1S/C10H6BrF6NO3/c11-3-6-5(9(12,13)14)1-4(2-7(19)20)8(18-6)21-10(15,16)17/h1H,2-3H2,(H,19,20). The Morgan fingerprint density at radius 3 is 2.24 bits per heavy atom. The molecule has 0 unspecified atom stereocenters. The molecule has 1 rings (SSSR count). The third-order valence-electron chi connectivity index (χ3n) is 2.13. The number of pyridine rings is 1. The Morgan fingerprint density at radius 1 is 1.29 bits per heavy atom. The Balaban J connectivity index is 3.44. The van der Waals surface area contributed by atoms with Gasteiger partial charge in [0.1, 0.15) is 0 Å². The maximum absolute atomic E-state index is 12.8. The maximum atomic E-state index is 12.8. The molecule has 0 atom stereocenters. The van der Waals surface area contributed by atoms with Crippen molar-refractivity contribution in [1.82, 2.24) is 4.98 Å².